The smallest absolute Gasteiger partial charge is 0.244 e. The number of carbonyl (C=O) groups excluding carboxylic acids is 1. The molecule has 1 fully saturated rings. The third-order valence-electron chi connectivity index (χ3n) is 4.53. The zero-order chi connectivity index (χ0) is 17.2. The molecule has 4 rings (SSSR count). The second-order valence-corrected chi connectivity index (χ2v) is 6.34. The summed E-state index contributed by atoms with van der Waals surface area (Å²) in [5.41, 5.74) is 2.80. The molecule has 1 aromatic heterocycles. The van der Waals surface area contributed by atoms with Gasteiger partial charge in [-0.15, -0.1) is 5.10 Å². The van der Waals surface area contributed by atoms with E-state index in [1.54, 1.807) is 11.8 Å². The molecule has 128 valence electrons. The number of rotatable bonds is 6. The summed E-state index contributed by atoms with van der Waals surface area (Å²) in [6.45, 7) is 0.827. The predicted octanol–water partition coefficient (Wildman–Crippen LogP) is 2.63. The van der Waals surface area contributed by atoms with Crippen LogP contribution in [0.1, 0.15) is 18.4 Å². The number of hydrogen-bond acceptors (Lipinski definition) is 4. The van der Waals surface area contributed by atoms with E-state index in [-0.39, 0.29) is 12.5 Å². The van der Waals surface area contributed by atoms with Crippen molar-refractivity contribution in [1.29, 1.82) is 0 Å². The van der Waals surface area contributed by atoms with Crippen molar-refractivity contribution in [3.8, 4) is 5.75 Å². The summed E-state index contributed by atoms with van der Waals surface area (Å²) in [6, 6.07) is 15.9. The Morgan fingerprint density at radius 1 is 1.20 bits per heavy atom. The Hall–Kier alpha value is -2.89. The fraction of sp³-hybridized carbons (Fsp3) is 0.316. The molecule has 1 aliphatic rings. The summed E-state index contributed by atoms with van der Waals surface area (Å²) in [7, 11) is 1.65. The highest BCUT2D eigenvalue weighted by Crippen LogP contribution is 2.29. The topological polar surface area (TPSA) is 60.2 Å². The zero-order valence-electron chi connectivity index (χ0n) is 14.1. The fourth-order valence-corrected chi connectivity index (χ4v) is 2.99. The zero-order valence-corrected chi connectivity index (χ0v) is 14.1. The highest BCUT2D eigenvalue weighted by atomic mass is 16.5. The maximum atomic E-state index is 12.9. The lowest BCUT2D eigenvalue weighted by atomic mass is 10.2. The summed E-state index contributed by atoms with van der Waals surface area (Å²) in [5, 5.41) is 8.25. The van der Waals surface area contributed by atoms with Crippen molar-refractivity contribution in [2.45, 2.75) is 32.0 Å². The van der Waals surface area contributed by atoms with Crippen molar-refractivity contribution < 1.29 is 9.53 Å². The standard InChI is InChI=1S/C19H20N4O2/c1-25-16-10-6-14(7-11-16)12-22(15-8-9-15)19(24)13-23-18-5-3-2-4-17(18)20-21-23/h2-7,10-11,15H,8-9,12-13H2,1H3. The van der Waals surface area contributed by atoms with E-state index in [2.05, 4.69) is 10.3 Å². The molecule has 0 atom stereocenters. The lowest BCUT2D eigenvalue weighted by Crippen LogP contribution is -2.35. The second kappa shape index (κ2) is 6.55. The number of aromatic nitrogens is 3. The molecule has 1 heterocycles. The van der Waals surface area contributed by atoms with Gasteiger partial charge >= 0.3 is 0 Å². The Labute approximate surface area is 146 Å². The molecule has 1 amide bonds. The minimum absolute atomic E-state index is 0.0778. The minimum atomic E-state index is 0.0778. The van der Waals surface area contributed by atoms with Crippen LogP contribution in [0.2, 0.25) is 0 Å². The van der Waals surface area contributed by atoms with Gasteiger partial charge in [-0.25, -0.2) is 4.68 Å². The number of methoxy groups -OCH3 is 1. The van der Waals surface area contributed by atoms with E-state index in [4.69, 9.17) is 4.74 Å². The van der Waals surface area contributed by atoms with Crippen LogP contribution >= 0.6 is 0 Å². The first-order chi connectivity index (χ1) is 12.2. The Morgan fingerprint density at radius 3 is 2.68 bits per heavy atom. The average Bonchev–Trinajstić information content (AvgIpc) is 3.42. The molecule has 3 aromatic rings. The average molecular weight is 336 g/mol. The number of hydrogen-bond donors (Lipinski definition) is 0. The van der Waals surface area contributed by atoms with Crippen molar-refractivity contribution in [1.82, 2.24) is 19.9 Å². The van der Waals surface area contributed by atoms with E-state index >= 15 is 0 Å². The number of ether oxygens (including phenoxy) is 1. The number of fused-ring (bicyclic) bond motifs is 1. The normalized spacial score (nSPS) is 13.8. The highest BCUT2D eigenvalue weighted by molar-refractivity contribution is 5.80. The first-order valence-corrected chi connectivity index (χ1v) is 8.45. The summed E-state index contributed by atoms with van der Waals surface area (Å²) in [5.74, 6) is 0.899. The number of para-hydroxylation sites is 1. The van der Waals surface area contributed by atoms with Gasteiger partial charge in [-0.2, -0.15) is 0 Å². The number of benzene rings is 2. The van der Waals surface area contributed by atoms with Crippen LogP contribution < -0.4 is 4.74 Å². The van der Waals surface area contributed by atoms with Crippen molar-refractivity contribution in [3.05, 3.63) is 54.1 Å². The highest BCUT2D eigenvalue weighted by Gasteiger charge is 2.32. The molecule has 0 radical (unpaired) electrons. The summed E-state index contributed by atoms with van der Waals surface area (Å²) < 4.78 is 6.87. The van der Waals surface area contributed by atoms with E-state index in [0.29, 0.717) is 12.6 Å². The van der Waals surface area contributed by atoms with E-state index in [1.165, 1.54) is 0 Å². The molecular formula is C19H20N4O2. The molecule has 0 unspecified atom stereocenters. The van der Waals surface area contributed by atoms with Crippen molar-refractivity contribution in [3.63, 3.8) is 0 Å². The van der Waals surface area contributed by atoms with Crippen LogP contribution in [0.15, 0.2) is 48.5 Å². The van der Waals surface area contributed by atoms with Crippen LogP contribution in [0.25, 0.3) is 11.0 Å². The van der Waals surface area contributed by atoms with Crippen LogP contribution in [0.3, 0.4) is 0 Å². The number of amides is 1. The molecular weight excluding hydrogens is 316 g/mol. The third-order valence-corrected chi connectivity index (χ3v) is 4.53. The molecule has 0 N–H and O–H groups in total. The molecule has 0 bridgehead atoms. The molecule has 6 heteroatoms. The van der Waals surface area contributed by atoms with Gasteiger partial charge in [0.05, 0.1) is 12.6 Å². The predicted molar refractivity (Wildman–Crippen MR) is 94.1 cm³/mol. The van der Waals surface area contributed by atoms with E-state index < -0.39 is 0 Å². The summed E-state index contributed by atoms with van der Waals surface area (Å²) in [4.78, 5) is 14.8. The summed E-state index contributed by atoms with van der Waals surface area (Å²) >= 11 is 0. The molecule has 0 spiro atoms. The maximum Gasteiger partial charge on any atom is 0.244 e. The number of carbonyl (C=O) groups is 1. The van der Waals surface area contributed by atoms with Gasteiger partial charge in [0.1, 0.15) is 17.8 Å². The molecule has 25 heavy (non-hydrogen) atoms. The van der Waals surface area contributed by atoms with Crippen LogP contribution in [0, 0.1) is 0 Å². The second-order valence-electron chi connectivity index (χ2n) is 6.34. The van der Waals surface area contributed by atoms with Gasteiger partial charge in [0.25, 0.3) is 0 Å². The Kier molecular flexibility index (Phi) is 4.09. The molecule has 1 aliphatic carbocycles. The third kappa shape index (κ3) is 3.33. The fourth-order valence-electron chi connectivity index (χ4n) is 2.99. The van der Waals surface area contributed by atoms with E-state index in [9.17, 15) is 4.79 Å². The number of nitrogens with zero attached hydrogens (tertiary/aromatic N) is 4. The van der Waals surface area contributed by atoms with Crippen LogP contribution in [0.4, 0.5) is 0 Å². The van der Waals surface area contributed by atoms with Crippen LogP contribution in [0.5, 0.6) is 5.75 Å². The van der Waals surface area contributed by atoms with Gasteiger partial charge in [0, 0.05) is 12.6 Å². The lowest BCUT2D eigenvalue weighted by Gasteiger charge is -2.22. The van der Waals surface area contributed by atoms with Gasteiger partial charge < -0.3 is 9.64 Å². The Bertz CT molecular complexity index is 884. The van der Waals surface area contributed by atoms with Crippen molar-refractivity contribution in [2.75, 3.05) is 7.11 Å². The van der Waals surface area contributed by atoms with Crippen LogP contribution in [-0.2, 0) is 17.9 Å². The first-order valence-electron chi connectivity index (χ1n) is 8.45. The Morgan fingerprint density at radius 2 is 1.96 bits per heavy atom. The molecule has 0 aliphatic heterocycles. The van der Waals surface area contributed by atoms with Gasteiger partial charge in [-0.3, -0.25) is 4.79 Å². The van der Waals surface area contributed by atoms with Crippen molar-refractivity contribution in [2.24, 2.45) is 0 Å². The molecule has 0 saturated heterocycles. The first kappa shape index (κ1) is 15.6. The maximum absolute atomic E-state index is 12.9. The SMILES string of the molecule is COc1ccc(CN(C(=O)Cn2nnc3ccccc32)C2CC2)cc1. The Balaban J connectivity index is 1.51. The van der Waals surface area contributed by atoms with Gasteiger partial charge in [0.15, 0.2) is 0 Å². The largest absolute Gasteiger partial charge is 0.497 e. The minimum Gasteiger partial charge on any atom is -0.497 e. The van der Waals surface area contributed by atoms with Crippen LogP contribution in [-0.4, -0.2) is 39.0 Å². The molecule has 1 saturated carbocycles. The quantitative estimate of drug-likeness (QED) is 0.694. The monoisotopic (exact) mass is 336 g/mol. The lowest BCUT2D eigenvalue weighted by molar-refractivity contribution is -0.133. The van der Waals surface area contributed by atoms with E-state index in [0.717, 1.165) is 35.2 Å². The van der Waals surface area contributed by atoms with Gasteiger partial charge in [-0.1, -0.05) is 29.5 Å². The molecule has 6 nitrogen and oxygen atoms in total. The van der Waals surface area contributed by atoms with Gasteiger partial charge in [0.2, 0.25) is 5.91 Å². The molecule has 2 aromatic carbocycles. The summed E-state index contributed by atoms with van der Waals surface area (Å²) in [6.07, 6.45) is 2.14. The van der Waals surface area contributed by atoms with E-state index in [1.807, 2.05) is 53.4 Å². The van der Waals surface area contributed by atoms with Gasteiger partial charge in [-0.05, 0) is 42.7 Å². The van der Waals surface area contributed by atoms with Crippen molar-refractivity contribution >= 4 is 16.9 Å².